The fraction of sp³-hybridized carbons (Fsp3) is 0.667. The molecule has 1 heterocycles. The average Bonchev–Trinajstić information content (AvgIpc) is 2.74. The zero-order chi connectivity index (χ0) is 20.2. The number of ether oxygens (including phenoxy) is 2. The normalized spacial score (nSPS) is 16.6. The van der Waals surface area contributed by atoms with Crippen LogP contribution in [0.4, 0.5) is 0 Å². The smallest absolute Gasteiger partial charge is 0.191 e. The first kappa shape index (κ1) is 25.8. The molecule has 0 aromatic heterocycles. The highest BCUT2D eigenvalue weighted by atomic mass is 127. The summed E-state index contributed by atoms with van der Waals surface area (Å²) in [5.74, 6) is 3.06. The fourth-order valence-corrected chi connectivity index (χ4v) is 3.30. The molecule has 1 atom stereocenters. The monoisotopic (exact) mass is 519 g/mol. The molecule has 0 amide bonds. The Hall–Kier alpha value is -1.26. The molecular formula is C21H38IN5O2. The zero-order valence-electron chi connectivity index (χ0n) is 18.3. The summed E-state index contributed by atoms with van der Waals surface area (Å²) in [5.41, 5.74) is 0. The van der Waals surface area contributed by atoms with E-state index in [1.54, 1.807) is 14.2 Å². The van der Waals surface area contributed by atoms with Crippen molar-refractivity contribution in [2.24, 2.45) is 10.9 Å². The molecule has 166 valence electrons. The number of likely N-dealkylation sites (N-methyl/N-ethyl adjacent to an activating group) is 1. The number of halogens is 1. The number of hydrogen-bond acceptors (Lipinski definition) is 5. The molecule has 0 saturated carbocycles. The van der Waals surface area contributed by atoms with Gasteiger partial charge in [0.05, 0.1) is 13.7 Å². The number of benzene rings is 1. The van der Waals surface area contributed by atoms with Crippen LogP contribution in [0, 0.1) is 5.92 Å². The van der Waals surface area contributed by atoms with Crippen LogP contribution in [-0.4, -0.2) is 88.9 Å². The summed E-state index contributed by atoms with van der Waals surface area (Å²) in [4.78, 5) is 9.38. The van der Waals surface area contributed by atoms with Crippen molar-refractivity contribution in [1.82, 2.24) is 20.4 Å². The second kappa shape index (κ2) is 14.7. The number of guanidine groups is 1. The van der Waals surface area contributed by atoms with E-state index in [1.807, 2.05) is 24.3 Å². The number of hydrogen-bond donors (Lipinski definition) is 2. The quantitative estimate of drug-likeness (QED) is 0.214. The van der Waals surface area contributed by atoms with Crippen molar-refractivity contribution in [3.05, 3.63) is 24.3 Å². The van der Waals surface area contributed by atoms with Gasteiger partial charge < -0.3 is 29.9 Å². The highest BCUT2D eigenvalue weighted by Gasteiger charge is 2.17. The predicted octanol–water partition coefficient (Wildman–Crippen LogP) is 2.13. The molecular weight excluding hydrogens is 481 g/mol. The average molecular weight is 519 g/mol. The van der Waals surface area contributed by atoms with Gasteiger partial charge in [-0.1, -0.05) is 13.8 Å². The molecule has 1 unspecified atom stereocenters. The molecule has 0 spiro atoms. The first-order valence-corrected chi connectivity index (χ1v) is 10.3. The molecule has 0 bridgehead atoms. The van der Waals surface area contributed by atoms with Gasteiger partial charge in [-0.3, -0.25) is 4.99 Å². The number of methoxy groups -OCH3 is 1. The largest absolute Gasteiger partial charge is 0.497 e. The minimum absolute atomic E-state index is 0. The van der Waals surface area contributed by atoms with Gasteiger partial charge in [0.25, 0.3) is 0 Å². The highest BCUT2D eigenvalue weighted by Crippen LogP contribution is 2.16. The molecule has 1 saturated heterocycles. The first-order valence-electron chi connectivity index (χ1n) is 10.3. The van der Waals surface area contributed by atoms with Gasteiger partial charge in [0, 0.05) is 46.3 Å². The third kappa shape index (κ3) is 9.86. The third-order valence-corrected chi connectivity index (χ3v) is 5.05. The second-order valence-corrected chi connectivity index (χ2v) is 7.24. The van der Waals surface area contributed by atoms with Gasteiger partial charge in [-0.15, -0.1) is 24.0 Å². The maximum absolute atomic E-state index is 5.73. The van der Waals surface area contributed by atoms with Gasteiger partial charge in [0.1, 0.15) is 18.1 Å². The molecule has 29 heavy (non-hydrogen) atoms. The summed E-state index contributed by atoms with van der Waals surface area (Å²) in [6.45, 7) is 13.7. The Kier molecular flexibility index (Phi) is 13.0. The lowest BCUT2D eigenvalue weighted by Crippen LogP contribution is -2.48. The fourth-order valence-electron chi connectivity index (χ4n) is 3.30. The van der Waals surface area contributed by atoms with E-state index in [4.69, 9.17) is 9.47 Å². The maximum atomic E-state index is 5.73. The number of aliphatic imine (C=N–C) groups is 1. The van der Waals surface area contributed by atoms with Crippen LogP contribution in [0.25, 0.3) is 0 Å². The number of piperazine rings is 1. The Morgan fingerprint density at radius 3 is 2.28 bits per heavy atom. The summed E-state index contributed by atoms with van der Waals surface area (Å²) < 4.78 is 10.9. The van der Waals surface area contributed by atoms with Crippen molar-refractivity contribution >= 4 is 29.9 Å². The lowest BCUT2D eigenvalue weighted by Gasteiger charge is -2.35. The first-order chi connectivity index (χ1) is 13.6. The van der Waals surface area contributed by atoms with E-state index in [1.165, 1.54) is 26.2 Å². The minimum Gasteiger partial charge on any atom is -0.497 e. The van der Waals surface area contributed by atoms with Crippen LogP contribution >= 0.6 is 24.0 Å². The zero-order valence-corrected chi connectivity index (χ0v) is 20.6. The van der Waals surface area contributed by atoms with Crippen LogP contribution in [0.15, 0.2) is 29.3 Å². The number of nitrogens with zero attached hydrogens (tertiary/aromatic N) is 3. The molecule has 7 nitrogen and oxygen atoms in total. The van der Waals surface area contributed by atoms with Crippen LogP contribution in [0.3, 0.4) is 0 Å². The predicted molar refractivity (Wildman–Crippen MR) is 131 cm³/mol. The molecule has 2 rings (SSSR count). The molecule has 0 aliphatic carbocycles. The van der Waals surface area contributed by atoms with Gasteiger partial charge >= 0.3 is 0 Å². The van der Waals surface area contributed by atoms with Crippen LogP contribution < -0.4 is 20.1 Å². The summed E-state index contributed by atoms with van der Waals surface area (Å²) in [6.07, 6.45) is 0. The molecule has 1 aliphatic heterocycles. The topological polar surface area (TPSA) is 61.4 Å². The lowest BCUT2D eigenvalue weighted by molar-refractivity contribution is 0.124. The van der Waals surface area contributed by atoms with Crippen molar-refractivity contribution in [3.63, 3.8) is 0 Å². The Bertz CT molecular complexity index is 577. The maximum Gasteiger partial charge on any atom is 0.191 e. The Labute approximate surface area is 193 Å². The van der Waals surface area contributed by atoms with Crippen molar-refractivity contribution in [2.75, 3.05) is 73.1 Å². The van der Waals surface area contributed by atoms with Gasteiger partial charge in [-0.05, 0) is 36.7 Å². The summed E-state index contributed by atoms with van der Waals surface area (Å²) in [6, 6.07) is 7.61. The Balaban J connectivity index is 0.00000420. The summed E-state index contributed by atoms with van der Waals surface area (Å²) >= 11 is 0. The Morgan fingerprint density at radius 2 is 1.69 bits per heavy atom. The molecule has 1 aliphatic rings. The standard InChI is InChI=1S/C21H37N5O2.HI/c1-5-25-11-13-26(14-12-25)17-18(2)16-24-21(22-3)23-10-15-28-20-8-6-19(27-4)7-9-20;/h6-9,18H,5,10-17H2,1-4H3,(H2,22,23,24);1H. The van der Waals surface area contributed by atoms with E-state index in [0.717, 1.165) is 37.1 Å². The van der Waals surface area contributed by atoms with Gasteiger partial charge in [0.2, 0.25) is 0 Å². The van der Waals surface area contributed by atoms with Crippen molar-refractivity contribution in [3.8, 4) is 11.5 Å². The van der Waals surface area contributed by atoms with Crippen LogP contribution in [0.2, 0.25) is 0 Å². The van der Waals surface area contributed by atoms with Crippen molar-refractivity contribution < 1.29 is 9.47 Å². The van der Waals surface area contributed by atoms with Crippen molar-refractivity contribution in [2.45, 2.75) is 13.8 Å². The highest BCUT2D eigenvalue weighted by molar-refractivity contribution is 14.0. The van der Waals surface area contributed by atoms with E-state index >= 15 is 0 Å². The summed E-state index contributed by atoms with van der Waals surface area (Å²) in [7, 11) is 3.46. The second-order valence-electron chi connectivity index (χ2n) is 7.24. The molecule has 1 aromatic carbocycles. The van der Waals surface area contributed by atoms with Gasteiger partial charge in [-0.25, -0.2) is 0 Å². The number of nitrogens with one attached hydrogen (secondary N) is 2. The Morgan fingerprint density at radius 1 is 1.07 bits per heavy atom. The third-order valence-electron chi connectivity index (χ3n) is 5.05. The molecule has 2 N–H and O–H groups in total. The van der Waals surface area contributed by atoms with Crippen LogP contribution in [-0.2, 0) is 0 Å². The lowest BCUT2D eigenvalue weighted by atomic mass is 10.1. The van der Waals surface area contributed by atoms with E-state index < -0.39 is 0 Å². The van der Waals surface area contributed by atoms with Crippen LogP contribution in [0.5, 0.6) is 11.5 Å². The van der Waals surface area contributed by atoms with E-state index in [2.05, 4.69) is 39.3 Å². The summed E-state index contributed by atoms with van der Waals surface area (Å²) in [5, 5.41) is 6.73. The molecule has 1 fully saturated rings. The number of rotatable bonds is 10. The van der Waals surface area contributed by atoms with Gasteiger partial charge in [-0.2, -0.15) is 0 Å². The molecule has 1 aromatic rings. The van der Waals surface area contributed by atoms with E-state index in [9.17, 15) is 0 Å². The van der Waals surface area contributed by atoms with Crippen LogP contribution in [0.1, 0.15) is 13.8 Å². The van der Waals surface area contributed by atoms with E-state index in [-0.39, 0.29) is 24.0 Å². The molecule has 0 radical (unpaired) electrons. The van der Waals surface area contributed by atoms with E-state index in [0.29, 0.717) is 19.1 Å². The SMILES string of the molecule is CCN1CCN(CC(C)CNC(=NC)NCCOc2ccc(OC)cc2)CC1.I. The van der Waals surface area contributed by atoms with Crippen molar-refractivity contribution in [1.29, 1.82) is 0 Å². The van der Waals surface area contributed by atoms with Gasteiger partial charge in [0.15, 0.2) is 5.96 Å². The molecule has 8 heteroatoms. The minimum atomic E-state index is 0.